The van der Waals surface area contributed by atoms with E-state index in [1.807, 2.05) is 19.1 Å². The summed E-state index contributed by atoms with van der Waals surface area (Å²) in [5.74, 6) is -0.273. The average molecular weight is 469 g/mol. The minimum absolute atomic E-state index is 0.110. The lowest BCUT2D eigenvalue weighted by Crippen LogP contribution is -2.43. The zero-order chi connectivity index (χ0) is 21.1. The van der Waals surface area contributed by atoms with Crippen molar-refractivity contribution in [3.63, 3.8) is 0 Å². The Bertz CT molecular complexity index is 716. The molecule has 2 fully saturated rings. The van der Waals surface area contributed by atoms with Crippen LogP contribution in [0.1, 0.15) is 11.1 Å². The van der Waals surface area contributed by atoms with E-state index in [-0.39, 0.29) is 11.6 Å². The SMILES string of the molecule is C1CNCCN1.Cc1c(F)cccc1Br.Cc1c(F)cccc1N1CCNCC1. The van der Waals surface area contributed by atoms with E-state index in [0.717, 1.165) is 68.1 Å². The van der Waals surface area contributed by atoms with Crippen molar-refractivity contribution in [3.05, 3.63) is 63.6 Å². The summed E-state index contributed by atoms with van der Waals surface area (Å²) in [5.41, 5.74) is 2.46. The van der Waals surface area contributed by atoms with Gasteiger partial charge in [-0.05, 0) is 43.7 Å². The summed E-state index contributed by atoms with van der Waals surface area (Å²) < 4.78 is 26.7. The molecule has 2 heterocycles. The molecular formula is C22H31BrF2N4. The quantitative estimate of drug-likeness (QED) is 0.597. The summed E-state index contributed by atoms with van der Waals surface area (Å²) in [6, 6.07) is 10.2. The fourth-order valence-electron chi connectivity index (χ4n) is 3.03. The predicted molar refractivity (Wildman–Crippen MR) is 121 cm³/mol. The van der Waals surface area contributed by atoms with Crippen molar-refractivity contribution in [3.8, 4) is 0 Å². The van der Waals surface area contributed by atoms with Crippen LogP contribution in [0.15, 0.2) is 40.9 Å². The Balaban J connectivity index is 0.000000171. The lowest BCUT2D eigenvalue weighted by atomic mass is 10.1. The van der Waals surface area contributed by atoms with Gasteiger partial charge in [-0.3, -0.25) is 0 Å². The molecule has 160 valence electrons. The molecule has 0 bridgehead atoms. The summed E-state index contributed by atoms with van der Waals surface area (Å²) >= 11 is 3.21. The molecule has 0 saturated carbocycles. The molecule has 0 amide bonds. The van der Waals surface area contributed by atoms with E-state index in [1.165, 1.54) is 12.1 Å². The molecule has 0 unspecified atom stereocenters. The highest BCUT2D eigenvalue weighted by atomic mass is 79.9. The van der Waals surface area contributed by atoms with Crippen LogP contribution in [0.25, 0.3) is 0 Å². The number of hydrogen-bond donors (Lipinski definition) is 3. The highest BCUT2D eigenvalue weighted by molar-refractivity contribution is 9.10. The Morgan fingerprint density at radius 2 is 1.21 bits per heavy atom. The van der Waals surface area contributed by atoms with Crippen molar-refractivity contribution in [1.82, 2.24) is 16.0 Å². The molecule has 0 radical (unpaired) electrons. The summed E-state index contributed by atoms with van der Waals surface area (Å²) in [6.07, 6.45) is 0. The zero-order valence-corrected chi connectivity index (χ0v) is 18.8. The van der Waals surface area contributed by atoms with Gasteiger partial charge < -0.3 is 20.9 Å². The fourth-order valence-corrected chi connectivity index (χ4v) is 3.37. The Kier molecular flexibility index (Phi) is 10.6. The second-order valence-electron chi connectivity index (χ2n) is 6.97. The van der Waals surface area contributed by atoms with Crippen LogP contribution in [0.3, 0.4) is 0 Å². The number of nitrogens with one attached hydrogen (secondary N) is 3. The minimum atomic E-state index is -0.163. The number of benzene rings is 2. The lowest BCUT2D eigenvalue weighted by molar-refractivity contribution is 0.534. The van der Waals surface area contributed by atoms with E-state index in [4.69, 9.17) is 0 Å². The molecule has 4 nitrogen and oxygen atoms in total. The van der Waals surface area contributed by atoms with Gasteiger partial charge in [0.05, 0.1) is 0 Å². The first-order valence-corrected chi connectivity index (χ1v) is 10.8. The van der Waals surface area contributed by atoms with E-state index < -0.39 is 0 Å². The molecule has 0 aliphatic carbocycles. The first-order valence-electron chi connectivity index (χ1n) is 10.0. The van der Waals surface area contributed by atoms with Crippen LogP contribution >= 0.6 is 15.9 Å². The maximum absolute atomic E-state index is 13.3. The smallest absolute Gasteiger partial charge is 0.128 e. The highest BCUT2D eigenvalue weighted by Crippen LogP contribution is 2.22. The van der Waals surface area contributed by atoms with E-state index in [9.17, 15) is 8.78 Å². The normalized spacial score (nSPS) is 16.2. The van der Waals surface area contributed by atoms with Crippen molar-refractivity contribution < 1.29 is 8.78 Å². The third-order valence-electron chi connectivity index (χ3n) is 4.86. The third-order valence-corrected chi connectivity index (χ3v) is 5.71. The van der Waals surface area contributed by atoms with Gasteiger partial charge in [0.25, 0.3) is 0 Å². The van der Waals surface area contributed by atoms with Crippen molar-refractivity contribution in [2.75, 3.05) is 57.3 Å². The van der Waals surface area contributed by atoms with E-state index in [0.29, 0.717) is 5.56 Å². The monoisotopic (exact) mass is 468 g/mol. The van der Waals surface area contributed by atoms with Crippen LogP contribution in [0.4, 0.5) is 14.5 Å². The van der Waals surface area contributed by atoms with Gasteiger partial charge in [0.1, 0.15) is 11.6 Å². The number of piperazine rings is 2. The van der Waals surface area contributed by atoms with Gasteiger partial charge in [0.15, 0.2) is 0 Å². The summed E-state index contributed by atoms with van der Waals surface area (Å²) in [6.45, 7) is 12.0. The molecule has 2 aliphatic rings. The highest BCUT2D eigenvalue weighted by Gasteiger charge is 2.13. The average Bonchev–Trinajstić information content (AvgIpc) is 2.77. The molecule has 0 atom stereocenters. The van der Waals surface area contributed by atoms with Gasteiger partial charge >= 0.3 is 0 Å². The third kappa shape index (κ3) is 8.01. The predicted octanol–water partition coefficient (Wildman–Crippen LogP) is 3.62. The Hall–Kier alpha value is -1.54. The zero-order valence-electron chi connectivity index (χ0n) is 17.2. The Morgan fingerprint density at radius 3 is 1.69 bits per heavy atom. The second-order valence-corrected chi connectivity index (χ2v) is 7.82. The standard InChI is InChI=1S/C11H15FN2.C7H6BrF.C4H10N2/c1-9-10(12)3-2-4-11(9)14-7-5-13-6-8-14;1-5-6(8)3-2-4-7(5)9;1-2-6-4-3-5-1/h2-4,13H,5-8H2,1H3;2-4H,1H3;5-6H,1-4H2. The van der Waals surface area contributed by atoms with Crippen LogP contribution in [0.5, 0.6) is 0 Å². The van der Waals surface area contributed by atoms with E-state index in [1.54, 1.807) is 19.1 Å². The van der Waals surface area contributed by atoms with Crippen LogP contribution in [0, 0.1) is 25.5 Å². The summed E-state index contributed by atoms with van der Waals surface area (Å²) in [5, 5.41) is 9.73. The van der Waals surface area contributed by atoms with Crippen molar-refractivity contribution >= 4 is 21.6 Å². The van der Waals surface area contributed by atoms with E-state index >= 15 is 0 Å². The largest absolute Gasteiger partial charge is 0.369 e. The number of hydrogen-bond acceptors (Lipinski definition) is 4. The maximum Gasteiger partial charge on any atom is 0.128 e. The van der Waals surface area contributed by atoms with Gasteiger partial charge in [-0.15, -0.1) is 0 Å². The number of anilines is 1. The van der Waals surface area contributed by atoms with E-state index in [2.05, 4.69) is 36.8 Å². The van der Waals surface area contributed by atoms with Crippen LogP contribution in [0.2, 0.25) is 0 Å². The minimum Gasteiger partial charge on any atom is -0.369 e. The number of nitrogens with zero attached hydrogens (tertiary/aromatic N) is 1. The Labute approximate surface area is 181 Å². The topological polar surface area (TPSA) is 39.3 Å². The first-order chi connectivity index (χ1) is 14.0. The summed E-state index contributed by atoms with van der Waals surface area (Å²) in [4.78, 5) is 2.23. The molecule has 2 saturated heterocycles. The molecule has 7 heteroatoms. The van der Waals surface area contributed by atoms with Crippen molar-refractivity contribution in [2.45, 2.75) is 13.8 Å². The molecule has 0 aromatic heterocycles. The molecule has 2 aliphatic heterocycles. The molecular weight excluding hydrogens is 438 g/mol. The molecule has 3 N–H and O–H groups in total. The van der Waals surface area contributed by atoms with Crippen molar-refractivity contribution in [1.29, 1.82) is 0 Å². The van der Waals surface area contributed by atoms with Gasteiger partial charge in [-0.25, -0.2) is 8.78 Å². The first kappa shape index (κ1) is 23.7. The molecule has 4 rings (SSSR count). The maximum atomic E-state index is 13.3. The number of halogens is 3. The Morgan fingerprint density at radius 1 is 0.724 bits per heavy atom. The summed E-state index contributed by atoms with van der Waals surface area (Å²) in [7, 11) is 0. The van der Waals surface area contributed by atoms with Crippen LogP contribution < -0.4 is 20.9 Å². The second kappa shape index (κ2) is 12.9. The van der Waals surface area contributed by atoms with Crippen molar-refractivity contribution in [2.24, 2.45) is 0 Å². The van der Waals surface area contributed by atoms with Gasteiger partial charge in [-0.1, -0.05) is 28.1 Å². The van der Waals surface area contributed by atoms with Gasteiger partial charge in [0.2, 0.25) is 0 Å². The molecule has 0 spiro atoms. The fraction of sp³-hybridized carbons (Fsp3) is 0.455. The molecule has 2 aromatic rings. The van der Waals surface area contributed by atoms with Crippen LogP contribution in [-0.4, -0.2) is 52.4 Å². The molecule has 2 aromatic carbocycles. The lowest BCUT2D eigenvalue weighted by Gasteiger charge is -2.30. The van der Waals surface area contributed by atoms with Crippen LogP contribution in [-0.2, 0) is 0 Å². The van der Waals surface area contributed by atoms with Gasteiger partial charge in [0, 0.05) is 68.1 Å². The number of rotatable bonds is 1. The molecule has 29 heavy (non-hydrogen) atoms. The van der Waals surface area contributed by atoms with Gasteiger partial charge in [-0.2, -0.15) is 0 Å².